The summed E-state index contributed by atoms with van der Waals surface area (Å²) in [7, 11) is 0. The fourth-order valence-corrected chi connectivity index (χ4v) is 3.15. The molecule has 0 amide bonds. The van der Waals surface area contributed by atoms with E-state index in [0.29, 0.717) is 17.0 Å². The predicted molar refractivity (Wildman–Crippen MR) is 75.4 cm³/mol. The summed E-state index contributed by atoms with van der Waals surface area (Å²) in [5.74, 6) is -0.172. The fraction of sp³-hybridized carbons (Fsp3) is 0.600. The Morgan fingerprint density at radius 3 is 2.61 bits per heavy atom. The first kappa shape index (κ1) is 14.0. The van der Waals surface area contributed by atoms with Crippen molar-refractivity contribution in [2.75, 3.05) is 0 Å². The molecule has 0 aliphatic heterocycles. The molecule has 0 radical (unpaired) electrons. The Kier molecular flexibility index (Phi) is 5.64. The second-order valence-electron chi connectivity index (χ2n) is 4.95. The quantitative estimate of drug-likeness (QED) is 0.726. The van der Waals surface area contributed by atoms with E-state index < -0.39 is 0 Å². The third-order valence-corrected chi connectivity index (χ3v) is 4.58. The molecule has 0 spiro atoms. The largest absolute Gasteiger partial charge is 0.372 e. The van der Waals surface area contributed by atoms with Crippen LogP contribution >= 0.6 is 15.9 Å². The molecule has 2 unspecified atom stereocenters. The van der Waals surface area contributed by atoms with Crippen LogP contribution in [0.3, 0.4) is 0 Å². The molecule has 0 saturated heterocycles. The molecule has 1 aromatic rings. The second kappa shape index (κ2) is 7.25. The van der Waals surface area contributed by atoms with E-state index in [9.17, 15) is 4.39 Å². The highest BCUT2D eigenvalue weighted by Crippen LogP contribution is 2.26. The van der Waals surface area contributed by atoms with Crippen molar-refractivity contribution in [3.63, 3.8) is 0 Å². The van der Waals surface area contributed by atoms with Crippen molar-refractivity contribution in [3.05, 3.63) is 35.6 Å². The maximum Gasteiger partial charge on any atom is 0.128 e. The summed E-state index contributed by atoms with van der Waals surface area (Å²) in [4.78, 5) is 0.407. The van der Waals surface area contributed by atoms with Gasteiger partial charge in [0.05, 0.1) is 12.7 Å². The number of ether oxygens (including phenoxy) is 1. The van der Waals surface area contributed by atoms with Crippen LogP contribution in [0.25, 0.3) is 0 Å². The molecule has 1 fully saturated rings. The van der Waals surface area contributed by atoms with Gasteiger partial charge in [-0.25, -0.2) is 4.39 Å². The summed E-state index contributed by atoms with van der Waals surface area (Å²) < 4.78 is 19.4. The molecule has 2 atom stereocenters. The van der Waals surface area contributed by atoms with E-state index in [1.807, 2.05) is 6.07 Å². The van der Waals surface area contributed by atoms with E-state index >= 15 is 0 Å². The Balaban J connectivity index is 1.89. The minimum atomic E-state index is -0.172. The minimum absolute atomic E-state index is 0.172. The molecule has 3 heteroatoms. The maximum atomic E-state index is 13.5. The van der Waals surface area contributed by atoms with Crippen LogP contribution in [0.15, 0.2) is 24.3 Å². The zero-order chi connectivity index (χ0) is 12.8. The van der Waals surface area contributed by atoms with Crippen LogP contribution < -0.4 is 0 Å². The highest BCUT2D eigenvalue weighted by atomic mass is 79.9. The van der Waals surface area contributed by atoms with Gasteiger partial charge in [0, 0.05) is 10.4 Å². The average Bonchev–Trinajstić information content (AvgIpc) is 2.35. The molecule has 1 aromatic carbocycles. The first-order chi connectivity index (χ1) is 8.77. The number of alkyl halides is 1. The molecule has 1 aliphatic carbocycles. The van der Waals surface area contributed by atoms with Crippen molar-refractivity contribution < 1.29 is 9.13 Å². The van der Waals surface area contributed by atoms with E-state index in [2.05, 4.69) is 15.9 Å². The first-order valence-corrected chi connectivity index (χ1v) is 7.68. The highest BCUT2D eigenvalue weighted by Gasteiger charge is 2.21. The molecular formula is C15H20BrFO. The standard InChI is InChI=1S/C15H20BrFO/c16-13-8-3-1-2-4-10-15(13)18-11-12-7-5-6-9-14(12)17/h5-7,9,13,15H,1-4,8,10-11H2. The topological polar surface area (TPSA) is 9.23 Å². The van der Waals surface area contributed by atoms with Gasteiger partial charge in [-0.05, 0) is 18.9 Å². The molecule has 0 aromatic heterocycles. The molecule has 0 bridgehead atoms. The van der Waals surface area contributed by atoms with Gasteiger partial charge in [-0.15, -0.1) is 0 Å². The van der Waals surface area contributed by atoms with Gasteiger partial charge < -0.3 is 4.74 Å². The Morgan fingerprint density at radius 2 is 1.83 bits per heavy atom. The Hall–Kier alpha value is -0.410. The van der Waals surface area contributed by atoms with Gasteiger partial charge in [0.2, 0.25) is 0 Å². The van der Waals surface area contributed by atoms with Gasteiger partial charge in [-0.2, -0.15) is 0 Å². The average molecular weight is 315 g/mol. The molecular weight excluding hydrogens is 295 g/mol. The summed E-state index contributed by atoms with van der Waals surface area (Å²) in [6, 6.07) is 6.84. The van der Waals surface area contributed by atoms with Crippen LogP contribution in [0.4, 0.5) is 4.39 Å². The van der Waals surface area contributed by atoms with Crippen LogP contribution in [-0.4, -0.2) is 10.9 Å². The third kappa shape index (κ3) is 4.06. The van der Waals surface area contributed by atoms with Crippen LogP contribution in [0, 0.1) is 5.82 Å². The van der Waals surface area contributed by atoms with Gasteiger partial charge in [0.25, 0.3) is 0 Å². The lowest BCUT2D eigenvalue weighted by atomic mass is 9.98. The van der Waals surface area contributed by atoms with Crippen molar-refractivity contribution in [2.45, 2.75) is 56.1 Å². The number of benzene rings is 1. The fourth-order valence-electron chi connectivity index (χ4n) is 2.41. The molecule has 1 aliphatic rings. The zero-order valence-electron chi connectivity index (χ0n) is 10.6. The Bertz CT molecular complexity index is 369. The molecule has 0 N–H and O–H groups in total. The van der Waals surface area contributed by atoms with E-state index in [0.717, 1.165) is 12.8 Å². The summed E-state index contributed by atoms with van der Waals surface area (Å²) in [6.07, 6.45) is 7.53. The van der Waals surface area contributed by atoms with Crippen molar-refractivity contribution in [1.82, 2.24) is 0 Å². The lowest BCUT2D eigenvalue weighted by Crippen LogP contribution is -2.25. The predicted octanol–water partition coefficient (Wildman–Crippen LogP) is 4.83. The normalized spacial score (nSPS) is 25.4. The molecule has 1 saturated carbocycles. The first-order valence-electron chi connectivity index (χ1n) is 6.76. The van der Waals surface area contributed by atoms with Crippen molar-refractivity contribution in [1.29, 1.82) is 0 Å². The summed E-state index contributed by atoms with van der Waals surface area (Å²) in [6.45, 7) is 0.374. The molecule has 2 rings (SSSR count). The van der Waals surface area contributed by atoms with Gasteiger partial charge in [0.1, 0.15) is 5.82 Å². The van der Waals surface area contributed by atoms with Crippen LogP contribution in [0.1, 0.15) is 44.1 Å². The summed E-state index contributed by atoms with van der Waals surface area (Å²) in [5, 5.41) is 0. The minimum Gasteiger partial charge on any atom is -0.372 e. The Labute approximate surface area is 117 Å². The SMILES string of the molecule is Fc1ccccc1COC1CCCCCCC1Br. The smallest absolute Gasteiger partial charge is 0.128 e. The molecule has 18 heavy (non-hydrogen) atoms. The summed E-state index contributed by atoms with van der Waals surface area (Å²) >= 11 is 3.71. The second-order valence-corrected chi connectivity index (χ2v) is 6.12. The van der Waals surface area contributed by atoms with Gasteiger partial charge in [-0.3, -0.25) is 0 Å². The molecule has 0 heterocycles. The third-order valence-electron chi connectivity index (χ3n) is 3.53. The van der Waals surface area contributed by atoms with Crippen LogP contribution in [-0.2, 0) is 11.3 Å². The van der Waals surface area contributed by atoms with Crippen molar-refractivity contribution >= 4 is 15.9 Å². The van der Waals surface area contributed by atoms with E-state index in [-0.39, 0.29) is 11.9 Å². The number of rotatable bonds is 3. The highest BCUT2D eigenvalue weighted by molar-refractivity contribution is 9.09. The lowest BCUT2D eigenvalue weighted by molar-refractivity contribution is 0.0277. The number of halogens is 2. The van der Waals surface area contributed by atoms with Gasteiger partial charge >= 0.3 is 0 Å². The van der Waals surface area contributed by atoms with Gasteiger partial charge in [-0.1, -0.05) is 59.8 Å². The van der Waals surface area contributed by atoms with E-state index in [4.69, 9.17) is 4.74 Å². The monoisotopic (exact) mass is 314 g/mol. The van der Waals surface area contributed by atoms with Crippen LogP contribution in [0.5, 0.6) is 0 Å². The Morgan fingerprint density at radius 1 is 1.11 bits per heavy atom. The van der Waals surface area contributed by atoms with Gasteiger partial charge in [0.15, 0.2) is 0 Å². The number of hydrogen-bond donors (Lipinski definition) is 0. The lowest BCUT2D eigenvalue weighted by Gasteiger charge is -2.25. The van der Waals surface area contributed by atoms with Crippen molar-refractivity contribution in [3.8, 4) is 0 Å². The van der Waals surface area contributed by atoms with E-state index in [1.165, 1.54) is 31.7 Å². The maximum absolute atomic E-state index is 13.5. The zero-order valence-corrected chi connectivity index (χ0v) is 12.2. The van der Waals surface area contributed by atoms with Crippen LogP contribution in [0.2, 0.25) is 0 Å². The van der Waals surface area contributed by atoms with E-state index in [1.54, 1.807) is 12.1 Å². The summed E-state index contributed by atoms with van der Waals surface area (Å²) in [5.41, 5.74) is 0.652. The van der Waals surface area contributed by atoms with Crippen molar-refractivity contribution in [2.24, 2.45) is 0 Å². The molecule has 100 valence electrons. The number of hydrogen-bond acceptors (Lipinski definition) is 1. The molecule has 1 nitrogen and oxygen atoms in total.